The number of aryl methyl sites for hydroxylation is 2. The monoisotopic (exact) mass is 417 g/mol. The summed E-state index contributed by atoms with van der Waals surface area (Å²) in [6.07, 6.45) is 0.802. The van der Waals surface area contributed by atoms with E-state index in [0.717, 1.165) is 5.69 Å². The number of thioether (sulfide) groups is 1. The minimum Gasteiger partial charge on any atom is -0.452 e. The Morgan fingerprint density at radius 3 is 2.59 bits per heavy atom. The van der Waals surface area contributed by atoms with Crippen LogP contribution in [0.3, 0.4) is 0 Å². The number of nitrogens with zero attached hydrogens (tertiary/aromatic N) is 4. The Kier molecular flexibility index (Phi) is 6.12. The van der Waals surface area contributed by atoms with Crippen molar-refractivity contribution in [3.63, 3.8) is 0 Å². The largest absolute Gasteiger partial charge is 0.452 e. The normalized spacial score (nSPS) is 12.0. The second-order valence-electron chi connectivity index (χ2n) is 6.38. The average Bonchev–Trinajstić information content (AvgIpc) is 3.10. The molecule has 0 aliphatic rings. The number of hydrogen-bond donors (Lipinski definition) is 1. The van der Waals surface area contributed by atoms with E-state index in [2.05, 4.69) is 20.4 Å². The first-order valence-electron chi connectivity index (χ1n) is 8.81. The number of carbonyl (C=O) groups excluding carboxylic acids is 2. The van der Waals surface area contributed by atoms with Crippen molar-refractivity contribution < 1.29 is 18.7 Å². The molecule has 1 atom stereocenters. The van der Waals surface area contributed by atoms with E-state index >= 15 is 0 Å². The summed E-state index contributed by atoms with van der Waals surface area (Å²) in [5, 5.41) is 7.51. The molecule has 152 valence electrons. The molecule has 0 unspecified atom stereocenters. The molecular formula is C19H20FN5O3S. The summed E-state index contributed by atoms with van der Waals surface area (Å²) in [5.74, 6) is -1.01. The minimum atomic E-state index is -1.01. The summed E-state index contributed by atoms with van der Waals surface area (Å²) in [6, 6.07) is 5.31. The third-order valence-electron chi connectivity index (χ3n) is 4.32. The van der Waals surface area contributed by atoms with Crippen molar-refractivity contribution in [2.45, 2.75) is 38.5 Å². The first-order chi connectivity index (χ1) is 13.8. The highest BCUT2D eigenvalue weighted by molar-refractivity contribution is 7.98. The molecule has 0 saturated carbocycles. The van der Waals surface area contributed by atoms with Crippen molar-refractivity contribution in [3.05, 3.63) is 47.0 Å². The lowest BCUT2D eigenvalue weighted by molar-refractivity contribution is -0.152. The number of carbonyl (C=O) groups is 2. The zero-order valence-electron chi connectivity index (χ0n) is 16.4. The summed E-state index contributed by atoms with van der Waals surface area (Å²) in [5.41, 5.74) is 2.47. The van der Waals surface area contributed by atoms with E-state index < -0.39 is 23.8 Å². The van der Waals surface area contributed by atoms with E-state index in [-0.39, 0.29) is 6.42 Å². The van der Waals surface area contributed by atoms with E-state index in [0.29, 0.717) is 27.9 Å². The Morgan fingerprint density at radius 2 is 1.93 bits per heavy atom. The molecule has 3 aromatic rings. The Labute approximate surface area is 170 Å². The van der Waals surface area contributed by atoms with Crippen molar-refractivity contribution in [2.24, 2.45) is 0 Å². The molecule has 0 saturated heterocycles. The van der Waals surface area contributed by atoms with Crippen LogP contribution in [0, 0.1) is 19.7 Å². The van der Waals surface area contributed by atoms with Crippen LogP contribution in [-0.4, -0.2) is 43.8 Å². The van der Waals surface area contributed by atoms with Crippen molar-refractivity contribution in [2.75, 3.05) is 11.6 Å². The molecule has 0 radical (unpaired) electrons. The van der Waals surface area contributed by atoms with Gasteiger partial charge in [-0.05, 0) is 51.3 Å². The van der Waals surface area contributed by atoms with Crippen LogP contribution in [0.1, 0.15) is 23.9 Å². The van der Waals surface area contributed by atoms with E-state index in [9.17, 15) is 14.0 Å². The molecule has 0 aliphatic carbocycles. The van der Waals surface area contributed by atoms with Gasteiger partial charge in [0.05, 0.1) is 6.42 Å². The number of amides is 1. The quantitative estimate of drug-likeness (QED) is 0.486. The third-order valence-corrected chi connectivity index (χ3v) is 4.86. The van der Waals surface area contributed by atoms with Gasteiger partial charge in [-0.15, -0.1) is 5.10 Å². The third kappa shape index (κ3) is 4.70. The number of fused-ring (bicyclic) bond motifs is 1. The van der Waals surface area contributed by atoms with Crippen LogP contribution >= 0.6 is 11.8 Å². The number of nitrogens with one attached hydrogen (secondary N) is 1. The molecule has 2 heterocycles. The van der Waals surface area contributed by atoms with E-state index in [1.165, 1.54) is 43.0 Å². The van der Waals surface area contributed by atoms with E-state index in [1.54, 1.807) is 11.4 Å². The van der Waals surface area contributed by atoms with Gasteiger partial charge in [-0.25, -0.2) is 13.9 Å². The number of rotatable bonds is 6. The molecule has 1 aromatic carbocycles. The average molecular weight is 417 g/mol. The van der Waals surface area contributed by atoms with Crippen molar-refractivity contribution in [1.29, 1.82) is 0 Å². The van der Waals surface area contributed by atoms with Gasteiger partial charge in [-0.3, -0.25) is 9.59 Å². The molecule has 0 spiro atoms. The Hall–Kier alpha value is -3.01. The molecule has 10 heteroatoms. The lowest BCUT2D eigenvalue weighted by Crippen LogP contribution is -2.30. The van der Waals surface area contributed by atoms with Gasteiger partial charge in [-0.1, -0.05) is 11.8 Å². The second-order valence-corrected chi connectivity index (χ2v) is 7.15. The highest BCUT2D eigenvalue weighted by atomic mass is 32.2. The van der Waals surface area contributed by atoms with Gasteiger partial charge >= 0.3 is 5.97 Å². The minimum absolute atomic E-state index is 0.0523. The molecule has 1 N–H and O–H groups in total. The highest BCUT2D eigenvalue weighted by Gasteiger charge is 2.21. The fourth-order valence-electron chi connectivity index (χ4n) is 2.75. The van der Waals surface area contributed by atoms with E-state index in [4.69, 9.17) is 4.74 Å². The highest BCUT2D eigenvalue weighted by Crippen LogP contribution is 2.18. The smallest absolute Gasteiger partial charge is 0.311 e. The van der Waals surface area contributed by atoms with Gasteiger partial charge in [-0.2, -0.15) is 4.98 Å². The summed E-state index contributed by atoms with van der Waals surface area (Å²) in [4.78, 5) is 33.3. The maximum Gasteiger partial charge on any atom is 0.311 e. The molecule has 0 aliphatic heterocycles. The van der Waals surface area contributed by atoms with Crippen molar-refractivity contribution in [3.8, 4) is 0 Å². The van der Waals surface area contributed by atoms with Crippen LogP contribution in [0.2, 0.25) is 0 Å². The summed E-state index contributed by atoms with van der Waals surface area (Å²) >= 11 is 1.40. The number of ether oxygens (including phenoxy) is 1. The maximum absolute atomic E-state index is 12.9. The van der Waals surface area contributed by atoms with Gasteiger partial charge in [0.25, 0.3) is 11.7 Å². The first-order valence-corrected chi connectivity index (χ1v) is 10.0. The number of hydrogen-bond acceptors (Lipinski definition) is 7. The standard InChI is InChI=1S/C19H20FN5O3S/c1-10-15(11(2)25-18(21-10)23-19(24-25)29-4)9-16(26)28-12(3)17(27)22-14-7-5-13(20)6-8-14/h5-8,12H,9H2,1-4H3,(H,22,27)/t12-/m0/s1. The van der Waals surface area contributed by atoms with Crippen molar-refractivity contribution in [1.82, 2.24) is 19.6 Å². The fourth-order valence-corrected chi connectivity index (χ4v) is 3.08. The van der Waals surface area contributed by atoms with Gasteiger partial charge in [0.2, 0.25) is 5.16 Å². The van der Waals surface area contributed by atoms with Crippen LogP contribution in [0.15, 0.2) is 29.4 Å². The zero-order chi connectivity index (χ0) is 21.1. The topological polar surface area (TPSA) is 98.5 Å². The van der Waals surface area contributed by atoms with Crippen LogP contribution in [-0.2, 0) is 20.7 Å². The molecule has 8 nitrogen and oxygen atoms in total. The lowest BCUT2D eigenvalue weighted by atomic mass is 10.1. The summed E-state index contributed by atoms with van der Waals surface area (Å²) < 4.78 is 19.8. The molecule has 3 rings (SSSR count). The number of aromatic nitrogens is 4. The van der Waals surface area contributed by atoms with Crippen LogP contribution in [0.4, 0.5) is 10.1 Å². The SMILES string of the molecule is CSc1nc2nc(C)c(CC(=O)O[C@@H](C)C(=O)Nc3ccc(F)cc3)c(C)n2n1. The number of esters is 1. The molecule has 2 aromatic heterocycles. The van der Waals surface area contributed by atoms with Crippen LogP contribution < -0.4 is 5.32 Å². The Morgan fingerprint density at radius 1 is 1.24 bits per heavy atom. The molecule has 1 amide bonds. The Balaban J connectivity index is 1.68. The van der Waals surface area contributed by atoms with Crippen LogP contribution in [0.5, 0.6) is 0 Å². The van der Waals surface area contributed by atoms with Gasteiger partial charge < -0.3 is 10.1 Å². The number of halogens is 1. The molecule has 29 heavy (non-hydrogen) atoms. The van der Waals surface area contributed by atoms with Gasteiger partial charge in [0, 0.05) is 22.6 Å². The predicted molar refractivity (Wildman–Crippen MR) is 106 cm³/mol. The molecular weight excluding hydrogens is 397 g/mol. The number of benzene rings is 1. The predicted octanol–water partition coefficient (Wildman–Crippen LogP) is 2.72. The van der Waals surface area contributed by atoms with E-state index in [1.807, 2.05) is 13.2 Å². The van der Waals surface area contributed by atoms with Gasteiger partial charge in [0.1, 0.15) is 5.82 Å². The fraction of sp³-hybridized carbons (Fsp3) is 0.316. The van der Waals surface area contributed by atoms with Gasteiger partial charge in [0.15, 0.2) is 6.10 Å². The first kappa shape index (κ1) is 20.7. The zero-order valence-corrected chi connectivity index (χ0v) is 17.2. The number of anilines is 1. The second kappa shape index (κ2) is 8.56. The lowest BCUT2D eigenvalue weighted by Gasteiger charge is -2.15. The molecule has 0 fully saturated rings. The van der Waals surface area contributed by atoms with Crippen molar-refractivity contribution >= 4 is 35.1 Å². The summed E-state index contributed by atoms with van der Waals surface area (Å²) in [6.45, 7) is 5.08. The maximum atomic E-state index is 12.9. The van der Waals surface area contributed by atoms with Crippen LogP contribution in [0.25, 0.3) is 5.78 Å². The molecule has 0 bridgehead atoms. The Bertz CT molecular complexity index is 1070. The summed E-state index contributed by atoms with van der Waals surface area (Å²) in [7, 11) is 0.